The summed E-state index contributed by atoms with van der Waals surface area (Å²) >= 11 is 0. The van der Waals surface area contributed by atoms with E-state index in [1.807, 2.05) is 6.92 Å². The van der Waals surface area contributed by atoms with Crippen molar-refractivity contribution in [2.75, 3.05) is 18.5 Å². The van der Waals surface area contributed by atoms with Crippen LogP contribution in [0.1, 0.15) is 50.5 Å². The zero-order valence-corrected chi connectivity index (χ0v) is 12.9. The van der Waals surface area contributed by atoms with E-state index in [2.05, 4.69) is 15.8 Å². The number of nitrogens with zero attached hydrogens (tertiary/aromatic N) is 1. The molecule has 1 fully saturated rings. The molecule has 2 N–H and O–H groups in total. The molecule has 1 saturated heterocycles. The topological polar surface area (TPSA) is 76.4 Å². The highest BCUT2D eigenvalue weighted by Crippen LogP contribution is 2.20. The van der Waals surface area contributed by atoms with Gasteiger partial charge in [-0.1, -0.05) is 12.1 Å². The standard InChI is InChI=1S/C15H25N3O3/c1-3-13-14(11(2)21-18-13)17-15(19)16-9-6-8-12-7-4-5-10-20-12/h12H,3-10H2,1-2H3,(H2,16,17,19)/t12-/m0/s1. The maximum atomic E-state index is 11.9. The predicted molar refractivity (Wildman–Crippen MR) is 80.5 cm³/mol. The van der Waals surface area contributed by atoms with E-state index < -0.39 is 0 Å². The van der Waals surface area contributed by atoms with Gasteiger partial charge in [0.25, 0.3) is 0 Å². The molecular formula is C15H25N3O3. The van der Waals surface area contributed by atoms with Crippen molar-refractivity contribution in [3.63, 3.8) is 0 Å². The summed E-state index contributed by atoms with van der Waals surface area (Å²) in [6.07, 6.45) is 6.61. The Labute approximate surface area is 125 Å². The van der Waals surface area contributed by atoms with Gasteiger partial charge in [-0.3, -0.25) is 0 Å². The zero-order chi connectivity index (χ0) is 15.1. The number of carbonyl (C=O) groups excluding carboxylic acids is 1. The van der Waals surface area contributed by atoms with Gasteiger partial charge in [-0.05, 0) is 45.4 Å². The number of hydrogen-bond donors (Lipinski definition) is 2. The maximum absolute atomic E-state index is 11.9. The first-order chi connectivity index (χ1) is 10.2. The van der Waals surface area contributed by atoms with Crippen molar-refractivity contribution in [2.24, 2.45) is 0 Å². The third-order valence-electron chi connectivity index (χ3n) is 3.77. The van der Waals surface area contributed by atoms with Crippen molar-refractivity contribution in [1.29, 1.82) is 0 Å². The molecule has 1 aliphatic heterocycles. The van der Waals surface area contributed by atoms with E-state index in [4.69, 9.17) is 9.26 Å². The zero-order valence-electron chi connectivity index (χ0n) is 12.9. The van der Waals surface area contributed by atoms with E-state index >= 15 is 0 Å². The fourth-order valence-electron chi connectivity index (χ4n) is 2.54. The molecule has 2 amide bonds. The first kappa shape index (κ1) is 15.8. The van der Waals surface area contributed by atoms with Crippen molar-refractivity contribution in [1.82, 2.24) is 10.5 Å². The molecule has 0 spiro atoms. The van der Waals surface area contributed by atoms with Crippen molar-refractivity contribution < 1.29 is 14.1 Å². The predicted octanol–water partition coefficient (Wildman–Crippen LogP) is 3.02. The monoisotopic (exact) mass is 295 g/mol. The summed E-state index contributed by atoms with van der Waals surface area (Å²) < 4.78 is 10.8. The van der Waals surface area contributed by atoms with Crippen LogP contribution in [-0.4, -0.2) is 30.4 Å². The van der Waals surface area contributed by atoms with Crippen LogP contribution in [0, 0.1) is 6.92 Å². The number of hydrogen-bond acceptors (Lipinski definition) is 4. The Balaban J connectivity index is 1.66. The molecule has 1 aliphatic rings. The highest BCUT2D eigenvalue weighted by atomic mass is 16.5. The summed E-state index contributed by atoms with van der Waals surface area (Å²) in [7, 11) is 0. The molecule has 0 aliphatic carbocycles. The van der Waals surface area contributed by atoms with Crippen LogP contribution in [0.25, 0.3) is 0 Å². The van der Waals surface area contributed by atoms with Crippen LogP contribution in [0.5, 0.6) is 0 Å². The molecule has 0 unspecified atom stereocenters. The minimum Gasteiger partial charge on any atom is -0.378 e. The smallest absolute Gasteiger partial charge is 0.319 e. The average Bonchev–Trinajstić information content (AvgIpc) is 2.85. The van der Waals surface area contributed by atoms with Gasteiger partial charge >= 0.3 is 6.03 Å². The van der Waals surface area contributed by atoms with Crippen LogP contribution in [-0.2, 0) is 11.2 Å². The van der Waals surface area contributed by atoms with Gasteiger partial charge < -0.3 is 19.9 Å². The second-order valence-electron chi connectivity index (χ2n) is 5.43. The molecule has 2 heterocycles. The number of urea groups is 1. The average molecular weight is 295 g/mol. The largest absolute Gasteiger partial charge is 0.378 e. The lowest BCUT2D eigenvalue weighted by molar-refractivity contribution is 0.0103. The molecule has 0 saturated carbocycles. The van der Waals surface area contributed by atoms with E-state index in [0.29, 0.717) is 24.1 Å². The summed E-state index contributed by atoms with van der Waals surface area (Å²) in [5.74, 6) is 0.637. The number of anilines is 1. The Morgan fingerprint density at radius 3 is 3.00 bits per heavy atom. The second kappa shape index (κ2) is 8.02. The van der Waals surface area contributed by atoms with Gasteiger partial charge in [0.15, 0.2) is 5.76 Å². The van der Waals surface area contributed by atoms with Crippen LogP contribution < -0.4 is 10.6 Å². The van der Waals surface area contributed by atoms with Gasteiger partial charge in [0, 0.05) is 13.2 Å². The van der Waals surface area contributed by atoms with E-state index in [-0.39, 0.29) is 6.03 Å². The van der Waals surface area contributed by atoms with Gasteiger partial charge in [0.1, 0.15) is 11.4 Å². The molecular weight excluding hydrogens is 270 g/mol. The molecule has 6 nitrogen and oxygen atoms in total. The number of aromatic nitrogens is 1. The van der Waals surface area contributed by atoms with E-state index in [0.717, 1.165) is 38.0 Å². The number of aryl methyl sites for hydroxylation is 2. The van der Waals surface area contributed by atoms with Crippen molar-refractivity contribution in [3.05, 3.63) is 11.5 Å². The quantitative estimate of drug-likeness (QED) is 0.791. The summed E-state index contributed by atoms with van der Waals surface area (Å²) in [4.78, 5) is 11.9. The number of ether oxygens (including phenoxy) is 1. The van der Waals surface area contributed by atoms with Crippen LogP contribution >= 0.6 is 0 Å². The third kappa shape index (κ3) is 4.74. The highest BCUT2D eigenvalue weighted by molar-refractivity contribution is 5.90. The summed E-state index contributed by atoms with van der Waals surface area (Å²) in [5, 5.41) is 9.59. The van der Waals surface area contributed by atoms with Crippen LogP contribution in [0.3, 0.4) is 0 Å². The Kier molecular flexibility index (Phi) is 6.04. The molecule has 21 heavy (non-hydrogen) atoms. The Morgan fingerprint density at radius 1 is 1.43 bits per heavy atom. The lowest BCUT2D eigenvalue weighted by atomic mass is 10.0. The van der Waals surface area contributed by atoms with Gasteiger partial charge in [0.2, 0.25) is 0 Å². The Hall–Kier alpha value is -1.56. The van der Waals surface area contributed by atoms with Crippen LogP contribution in [0.2, 0.25) is 0 Å². The fraction of sp³-hybridized carbons (Fsp3) is 0.733. The van der Waals surface area contributed by atoms with Crippen molar-refractivity contribution in [3.8, 4) is 0 Å². The van der Waals surface area contributed by atoms with Crippen LogP contribution in [0.4, 0.5) is 10.5 Å². The van der Waals surface area contributed by atoms with Crippen molar-refractivity contribution in [2.45, 2.75) is 58.5 Å². The number of nitrogens with one attached hydrogen (secondary N) is 2. The third-order valence-corrected chi connectivity index (χ3v) is 3.77. The molecule has 118 valence electrons. The first-order valence-electron chi connectivity index (χ1n) is 7.82. The second-order valence-corrected chi connectivity index (χ2v) is 5.43. The highest BCUT2D eigenvalue weighted by Gasteiger charge is 2.15. The van der Waals surface area contributed by atoms with E-state index in [1.54, 1.807) is 6.92 Å². The molecule has 0 aromatic carbocycles. The normalized spacial score (nSPS) is 18.5. The van der Waals surface area contributed by atoms with Gasteiger partial charge in [-0.25, -0.2) is 4.79 Å². The van der Waals surface area contributed by atoms with E-state index in [1.165, 1.54) is 12.8 Å². The van der Waals surface area contributed by atoms with Gasteiger partial charge in [-0.2, -0.15) is 0 Å². The van der Waals surface area contributed by atoms with Crippen LogP contribution in [0.15, 0.2) is 4.52 Å². The Morgan fingerprint density at radius 2 is 2.29 bits per heavy atom. The minimum atomic E-state index is -0.208. The molecule has 1 aromatic rings. The lowest BCUT2D eigenvalue weighted by Crippen LogP contribution is -2.30. The number of amides is 2. The molecule has 1 aromatic heterocycles. The molecule has 0 bridgehead atoms. The number of rotatable bonds is 6. The van der Waals surface area contributed by atoms with Gasteiger partial charge in [-0.15, -0.1) is 0 Å². The van der Waals surface area contributed by atoms with Crippen molar-refractivity contribution >= 4 is 11.7 Å². The van der Waals surface area contributed by atoms with E-state index in [9.17, 15) is 4.79 Å². The molecule has 6 heteroatoms. The molecule has 2 rings (SSSR count). The summed E-state index contributed by atoms with van der Waals surface area (Å²) in [5.41, 5.74) is 1.46. The summed E-state index contributed by atoms with van der Waals surface area (Å²) in [6.45, 7) is 5.30. The Bertz CT molecular complexity index is 453. The number of carbonyl (C=O) groups is 1. The lowest BCUT2D eigenvalue weighted by Gasteiger charge is -2.22. The molecule has 1 atom stereocenters. The fourth-order valence-corrected chi connectivity index (χ4v) is 2.54. The maximum Gasteiger partial charge on any atom is 0.319 e. The first-order valence-corrected chi connectivity index (χ1v) is 7.82. The molecule has 0 radical (unpaired) electrons. The minimum absolute atomic E-state index is 0.208. The van der Waals surface area contributed by atoms with Gasteiger partial charge in [0.05, 0.1) is 6.10 Å². The SMILES string of the molecule is CCc1noc(C)c1NC(=O)NCCC[C@@H]1CCCCO1. The summed E-state index contributed by atoms with van der Waals surface area (Å²) in [6, 6.07) is -0.208.